The zero-order valence-corrected chi connectivity index (χ0v) is 9.69. The topological polar surface area (TPSA) is 98.7 Å². The summed E-state index contributed by atoms with van der Waals surface area (Å²) in [4.78, 5) is 22.1. The first-order valence-electron chi connectivity index (χ1n) is 5.30. The number of aliphatic carboxylic acids is 1. The second-order valence-corrected chi connectivity index (χ2v) is 3.63. The molecular weight excluding hydrogens is 262 g/mol. The van der Waals surface area contributed by atoms with Crippen molar-refractivity contribution in [3.8, 4) is 0 Å². The van der Waals surface area contributed by atoms with E-state index in [1.165, 1.54) is 0 Å². The number of amides is 2. The van der Waals surface area contributed by atoms with Gasteiger partial charge in [-0.1, -0.05) is 0 Å². The molecule has 0 spiro atoms. The molecule has 0 aliphatic carbocycles. The highest BCUT2D eigenvalue weighted by Crippen LogP contribution is 2.14. The van der Waals surface area contributed by atoms with Crippen LogP contribution in [0.4, 0.5) is 19.3 Å². The summed E-state index contributed by atoms with van der Waals surface area (Å²) in [5.74, 6) is -3.11. The fourth-order valence-corrected chi connectivity index (χ4v) is 1.29. The summed E-state index contributed by atoms with van der Waals surface area (Å²) >= 11 is 0. The van der Waals surface area contributed by atoms with Gasteiger partial charge >= 0.3 is 12.0 Å². The van der Waals surface area contributed by atoms with E-state index in [1.54, 1.807) is 0 Å². The molecule has 1 aromatic rings. The van der Waals surface area contributed by atoms with E-state index in [-0.39, 0.29) is 12.1 Å². The molecule has 1 unspecified atom stereocenters. The molecule has 0 bridgehead atoms. The second-order valence-electron chi connectivity index (χ2n) is 3.63. The number of rotatable bonds is 5. The molecule has 1 aromatic carbocycles. The van der Waals surface area contributed by atoms with Crippen LogP contribution in [-0.4, -0.2) is 34.9 Å². The molecule has 8 heteroatoms. The van der Waals surface area contributed by atoms with Gasteiger partial charge in [0.25, 0.3) is 0 Å². The Morgan fingerprint density at radius 3 is 2.53 bits per heavy atom. The summed E-state index contributed by atoms with van der Waals surface area (Å²) in [7, 11) is 0. The molecule has 104 valence electrons. The number of aliphatic hydroxyl groups is 1. The van der Waals surface area contributed by atoms with Crippen LogP contribution in [0.25, 0.3) is 0 Å². The van der Waals surface area contributed by atoms with Gasteiger partial charge in [0.15, 0.2) is 0 Å². The van der Waals surface area contributed by atoms with Crippen LogP contribution in [0.2, 0.25) is 0 Å². The van der Waals surface area contributed by atoms with E-state index in [9.17, 15) is 18.4 Å². The molecule has 2 amide bonds. The fraction of sp³-hybridized carbons (Fsp3) is 0.273. The third-order valence-electron chi connectivity index (χ3n) is 2.20. The minimum atomic E-state index is -1.33. The summed E-state index contributed by atoms with van der Waals surface area (Å²) < 4.78 is 25.8. The lowest BCUT2D eigenvalue weighted by Crippen LogP contribution is -2.43. The average molecular weight is 274 g/mol. The molecule has 0 aliphatic heterocycles. The molecule has 0 saturated carbocycles. The number of carboxylic acids is 1. The van der Waals surface area contributed by atoms with Crippen molar-refractivity contribution in [3.63, 3.8) is 0 Å². The Balaban J connectivity index is 2.66. The summed E-state index contributed by atoms with van der Waals surface area (Å²) in [6.07, 6.45) is -0.186. The Labute approximate surface area is 107 Å². The molecule has 0 fully saturated rings. The van der Waals surface area contributed by atoms with Gasteiger partial charge in [0.1, 0.15) is 17.7 Å². The normalized spacial score (nSPS) is 11.7. The van der Waals surface area contributed by atoms with Gasteiger partial charge in [-0.3, -0.25) is 0 Å². The highest BCUT2D eigenvalue weighted by atomic mass is 19.1. The minimum absolute atomic E-state index is 0.186. The van der Waals surface area contributed by atoms with Crippen molar-refractivity contribution < 1.29 is 28.6 Å². The molecule has 0 heterocycles. The maximum atomic E-state index is 13.2. The molecule has 0 aliphatic rings. The predicted octanol–water partition coefficient (Wildman–Crippen LogP) is 0.922. The lowest BCUT2D eigenvalue weighted by Gasteiger charge is -2.14. The number of benzene rings is 1. The number of carbonyl (C=O) groups is 2. The SMILES string of the molecule is O=C(Nc1ccc(F)cc1F)NC(CCO)C(=O)O. The Kier molecular flexibility index (Phi) is 5.19. The largest absolute Gasteiger partial charge is 0.480 e. The first-order valence-corrected chi connectivity index (χ1v) is 5.30. The van der Waals surface area contributed by atoms with Crippen LogP contribution in [0.5, 0.6) is 0 Å². The molecule has 0 saturated heterocycles. The third kappa shape index (κ3) is 4.51. The summed E-state index contributed by atoms with van der Waals surface area (Å²) in [5, 5.41) is 21.4. The van der Waals surface area contributed by atoms with Gasteiger partial charge in [0.05, 0.1) is 5.69 Å². The Hall–Kier alpha value is -2.22. The van der Waals surface area contributed by atoms with E-state index >= 15 is 0 Å². The Bertz CT molecular complexity index is 482. The van der Waals surface area contributed by atoms with Gasteiger partial charge in [0, 0.05) is 19.1 Å². The van der Waals surface area contributed by atoms with Crippen LogP contribution in [0.1, 0.15) is 6.42 Å². The zero-order chi connectivity index (χ0) is 14.4. The first-order chi connectivity index (χ1) is 8.93. The van der Waals surface area contributed by atoms with Gasteiger partial charge in [-0.2, -0.15) is 0 Å². The van der Waals surface area contributed by atoms with E-state index in [1.807, 2.05) is 10.6 Å². The average Bonchev–Trinajstić information content (AvgIpc) is 2.32. The molecule has 1 atom stereocenters. The zero-order valence-electron chi connectivity index (χ0n) is 9.69. The van der Waals surface area contributed by atoms with Gasteiger partial charge in [-0.25, -0.2) is 18.4 Å². The lowest BCUT2D eigenvalue weighted by atomic mass is 10.2. The smallest absolute Gasteiger partial charge is 0.326 e. The van der Waals surface area contributed by atoms with E-state index < -0.39 is 36.3 Å². The molecule has 4 N–H and O–H groups in total. The number of halogens is 2. The van der Waals surface area contributed by atoms with Gasteiger partial charge in [0.2, 0.25) is 0 Å². The number of hydrogen-bond donors (Lipinski definition) is 4. The number of carbonyl (C=O) groups excluding carboxylic acids is 1. The standard InChI is InChI=1S/C11H12F2N2O4/c12-6-1-2-8(7(13)5-6)14-11(19)15-9(3-4-16)10(17)18/h1-2,5,9,16H,3-4H2,(H,17,18)(H2,14,15,19). The molecule has 19 heavy (non-hydrogen) atoms. The number of anilines is 1. The monoisotopic (exact) mass is 274 g/mol. The third-order valence-corrected chi connectivity index (χ3v) is 2.20. The number of aliphatic hydroxyl groups excluding tert-OH is 1. The van der Waals surface area contributed by atoms with Crippen molar-refractivity contribution in [2.24, 2.45) is 0 Å². The van der Waals surface area contributed by atoms with Crippen molar-refractivity contribution in [3.05, 3.63) is 29.8 Å². The number of hydrogen-bond acceptors (Lipinski definition) is 3. The number of carboxylic acid groups (broad SMARTS) is 1. The first kappa shape index (κ1) is 14.8. The Morgan fingerprint density at radius 1 is 1.32 bits per heavy atom. The quantitative estimate of drug-likeness (QED) is 0.641. The van der Waals surface area contributed by atoms with Crippen molar-refractivity contribution in [1.29, 1.82) is 0 Å². The van der Waals surface area contributed by atoms with Gasteiger partial charge in [-0.05, 0) is 12.1 Å². The molecule has 0 aromatic heterocycles. The highest BCUT2D eigenvalue weighted by molar-refractivity contribution is 5.92. The lowest BCUT2D eigenvalue weighted by molar-refractivity contribution is -0.139. The fourth-order valence-electron chi connectivity index (χ4n) is 1.29. The Morgan fingerprint density at radius 2 is 2.00 bits per heavy atom. The maximum Gasteiger partial charge on any atom is 0.326 e. The number of nitrogens with one attached hydrogen (secondary N) is 2. The molecule has 1 rings (SSSR count). The molecule has 0 radical (unpaired) electrons. The van der Waals surface area contributed by atoms with Crippen LogP contribution in [-0.2, 0) is 4.79 Å². The van der Waals surface area contributed by atoms with Crippen LogP contribution in [0, 0.1) is 11.6 Å². The van der Waals surface area contributed by atoms with E-state index in [0.29, 0.717) is 6.07 Å². The molecular formula is C11H12F2N2O4. The van der Waals surface area contributed by atoms with Gasteiger partial charge < -0.3 is 20.8 Å². The summed E-state index contributed by atoms with van der Waals surface area (Å²) in [6, 6.07) is 0.269. The maximum absolute atomic E-state index is 13.2. The van der Waals surface area contributed by atoms with Crippen LogP contribution < -0.4 is 10.6 Å². The van der Waals surface area contributed by atoms with Crippen molar-refractivity contribution in [1.82, 2.24) is 5.32 Å². The summed E-state index contributed by atoms with van der Waals surface area (Å²) in [6.45, 7) is -0.428. The molecule has 6 nitrogen and oxygen atoms in total. The van der Waals surface area contributed by atoms with E-state index in [2.05, 4.69) is 0 Å². The van der Waals surface area contributed by atoms with Crippen molar-refractivity contribution >= 4 is 17.7 Å². The van der Waals surface area contributed by atoms with Gasteiger partial charge in [-0.15, -0.1) is 0 Å². The van der Waals surface area contributed by atoms with E-state index in [0.717, 1.165) is 12.1 Å². The summed E-state index contributed by atoms with van der Waals surface area (Å²) in [5.41, 5.74) is -0.285. The highest BCUT2D eigenvalue weighted by Gasteiger charge is 2.19. The number of urea groups is 1. The predicted molar refractivity (Wildman–Crippen MR) is 61.6 cm³/mol. The van der Waals surface area contributed by atoms with Crippen molar-refractivity contribution in [2.45, 2.75) is 12.5 Å². The van der Waals surface area contributed by atoms with Crippen LogP contribution in [0.3, 0.4) is 0 Å². The minimum Gasteiger partial charge on any atom is -0.480 e. The van der Waals surface area contributed by atoms with Crippen LogP contribution >= 0.6 is 0 Å². The van der Waals surface area contributed by atoms with Crippen molar-refractivity contribution in [2.75, 3.05) is 11.9 Å². The second kappa shape index (κ2) is 6.64. The van der Waals surface area contributed by atoms with E-state index in [4.69, 9.17) is 10.2 Å². The van der Waals surface area contributed by atoms with Crippen LogP contribution in [0.15, 0.2) is 18.2 Å².